The number of halogens is 2. The van der Waals surface area contributed by atoms with Gasteiger partial charge in [0.25, 0.3) is 0 Å². The zero-order valence-corrected chi connectivity index (χ0v) is 14.0. The molecule has 25 heavy (non-hydrogen) atoms. The van der Waals surface area contributed by atoms with Crippen LogP contribution in [-0.4, -0.2) is 61.0 Å². The zero-order valence-electron chi connectivity index (χ0n) is 14.0. The van der Waals surface area contributed by atoms with Crippen LogP contribution in [0.4, 0.5) is 19.3 Å². The predicted molar refractivity (Wildman–Crippen MR) is 89.0 cm³/mol. The lowest BCUT2D eigenvalue weighted by molar-refractivity contribution is -0.137. The number of amides is 3. The Morgan fingerprint density at radius 3 is 2.40 bits per heavy atom. The van der Waals surface area contributed by atoms with Gasteiger partial charge >= 0.3 is 6.03 Å². The van der Waals surface area contributed by atoms with Gasteiger partial charge < -0.3 is 20.4 Å². The summed E-state index contributed by atoms with van der Waals surface area (Å²) in [5, 5.41) is 0. The third-order valence-corrected chi connectivity index (χ3v) is 4.92. The monoisotopic (exact) mass is 352 g/mol. The summed E-state index contributed by atoms with van der Waals surface area (Å²) in [5.41, 5.74) is 5.66. The molecule has 6 nitrogen and oxygen atoms in total. The molecule has 8 heteroatoms. The largest absolute Gasteiger partial charge is 0.366 e. The quantitative estimate of drug-likeness (QED) is 0.875. The number of rotatable bonds is 2. The van der Waals surface area contributed by atoms with Crippen molar-refractivity contribution in [3.05, 3.63) is 29.8 Å². The summed E-state index contributed by atoms with van der Waals surface area (Å²) in [4.78, 5) is 29.1. The van der Waals surface area contributed by atoms with Gasteiger partial charge in [-0.25, -0.2) is 13.6 Å². The molecule has 0 aliphatic carbocycles. The summed E-state index contributed by atoms with van der Waals surface area (Å²) >= 11 is 0. The van der Waals surface area contributed by atoms with Crippen LogP contribution in [-0.2, 0) is 4.79 Å². The van der Waals surface area contributed by atoms with E-state index in [0.29, 0.717) is 45.0 Å². The molecule has 1 aromatic carbocycles. The van der Waals surface area contributed by atoms with Gasteiger partial charge in [0.2, 0.25) is 5.91 Å². The topological polar surface area (TPSA) is 69.9 Å². The van der Waals surface area contributed by atoms with E-state index in [4.69, 9.17) is 5.73 Å². The summed E-state index contributed by atoms with van der Waals surface area (Å²) in [5.74, 6) is -1.41. The van der Waals surface area contributed by atoms with Crippen molar-refractivity contribution in [2.75, 3.05) is 44.2 Å². The Hall–Kier alpha value is -2.38. The molecule has 0 bridgehead atoms. The Kier molecular flexibility index (Phi) is 5.06. The number of piperazine rings is 1. The van der Waals surface area contributed by atoms with Crippen molar-refractivity contribution >= 4 is 17.6 Å². The van der Waals surface area contributed by atoms with E-state index in [1.54, 1.807) is 4.90 Å². The van der Waals surface area contributed by atoms with Crippen molar-refractivity contribution in [1.82, 2.24) is 9.80 Å². The maximum Gasteiger partial charge on any atom is 0.314 e. The number of anilines is 1. The molecule has 0 aromatic heterocycles. The van der Waals surface area contributed by atoms with E-state index < -0.39 is 17.7 Å². The number of carbonyl (C=O) groups is 2. The lowest BCUT2D eigenvalue weighted by Crippen LogP contribution is -2.53. The summed E-state index contributed by atoms with van der Waals surface area (Å²) in [6.45, 7) is 2.88. The van der Waals surface area contributed by atoms with Crippen molar-refractivity contribution in [2.24, 2.45) is 11.7 Å². The first-order valence-corrected chi connectivity index (χ1v) is 8.49. The number of piperidine rings is 1. The highest BCUT2D eigenvalue weighted by Crippen LogP contribution is 2.23. The highest BCUT2D eigenvalue weighted by Gasteiger charge is 2.32. The summed E-state index contributed by atoms with van der Waals surface area (Å²) in [6, 6.07) is 3.03. The van der Waals surface area contributed by atoms with E-state index in [-0.39, 0.29) is 11.8 Å². The van der Waals surface area contributed by atoms with Gasteiger partial charge in [-0.05, 0) is 25.0 Å². The van der Waals surface area contributed by atoms with Gasteiger partial charge in [-0.3, -0.25) is 4.79 Å². The molecule has 2 aliphatic heterocycles. The van der Waals surface area contributed by atoms with Gasteiger partial charge in [0, 0.05) is 45.3 Å². The highest BCUT2D eigenvalue weighted by atomic mass is 19.1. The number of carbonyl (C=O) groups excluding carboxylic acids is 2. The Labute approximate surface area is 145 Å². The van der Waals surface area contributed by atoms with E-state index >= 15 is 0 Å². The fraction of sp³-hybridized carbons (Fsp3) is 0.529. The molecule has 3 amide bonds. The number of nitrogens with zero attached hydrogens (tertiary/aromatic N) is 3. The molecule has 2 fully saturated rings. The second kappa shape index (κ2) is 7.25. The molecule has 136 valence electrons. The van der Waals surface area contributed by atoms with E-state index in [0.717, 1.165) is 18.9 Å². The number of hydrogen-bond acceptors (Lipinski definition) is 3. The molecule has 3 rings (SSSR count). The number of hydrogen-bond donors (Lipinski definition) is 1. The second-order valence-corrected chi connectivity index (χ2v) is 6.53. The van der Waals surface area contributed by atoms with Crippen LogP contribution in [0.2, 0.25) is 0 Å². The first-order chi connectivity index (χ1) is 12.0. The van der Waals surface area contributed by atoms with Crippen LogP contribution < -0.4 is 10.6 Å². The van der Waals surface area contributed by atoms with Crippen LogP contribution >= 0.6 is 0 Å². The SMILES string of the molecule is NC(=O)N1CCCC(C(=O)N2CCN(c3ccc(F)cc3F)CC2)C1. The van der Waals surface area contributed by atoms with E-state index in [2.05, 4.69) is 0 Å². The first kappa shape index (κ1) is 17.4. The van der Waals surface area contributed by atoms with E-state index in [9.17, 15) is 18.4 Å². The summed E-state index contributed by atoms with van der Waals surface area (Å²) in [6.07, 6.45) is 1.51. The average molecular weight is 352 g/mol. The lowest BCUT2D eigenvalue weighted by Gasteiger charge is -2.39. The highest BCUT2D eigenvalue weighted by molar-refractivity contribution is 5.81. The minimum absolute atomic E-state index is 0.0187. The van der Waals surface area contributed by atoms with Crippen molar-refractivity contribution < 1.29 is 18.4 Å². The average Bonchev–Trinajstić information content (AvgIpc) is 2.61. The molecule has 1 atom stereocenters. The Morgan fingerprint density at radius 1 is 1.04 bits per heavy atom. The van der Waals surface area contributed by atoms with Crippen LogP contribution in [0.15, 0.2) is 18.2 Å². The number of likely N-dealkylation sites (tertiary alicyclic amines) is 1. The molecule has 2 heterocycles. The molecule has 1 unspecified atom stereocenters. The van der Waals surface area contributed by atoms with Gasteiger partial charge in [0.1, 0.15) is 11.6 Å². The molecule has 2 N–H and O–H groups in total. The zero-order chi connectivity index (χ0) is 18.0. The standard InChI is InChI=1S/C17H22F2N4O2/c18-13-3-4-15(14(19)10-13)21-6-8-22(9-7-21)16(24)12-2-1-5-23(11-12)17(20)25/h3-4,10,12H,1-2,5-9,11H2,(H2,20,25). The lowest BCUT2D eigenvalue weighted by atomic mass is 9.96. The third kappa shape index (κ3) is 3.83. The Bertz CT molecular complexity index is 662. The molecule has 1 aromatic rings. The molecule has 2 aliphatic rings. The van der Waals surface area contributed by atoms with Gasteiger partial charge in [-0.15, -0.1) is 0 Å². The maximum atomic E-state index is 13.9. The predicted octanol–water partition coefficient (Wildman–Crippen LogP) is 1.40. The second-order valence-electron chi connectivity index (χ2n) is 6.53. The molecular formula is C17H22F2N4O2. The molecule has 2 saturated heterocycles. The summed E-state index contributed by atoms with van der Waals surface area (Å²) in [7, 11) is 0. The van der Waals surface area contributed by atoms with Crippen LogP contribution in [0.5, 0.6) is 0 Å². The van der Waals surface area contributed by atoms with Crippen LogP contribution in [0.1, 0.15) is 12.8 Å². The number of benzene rings is 1. The number of nitrogens with two attached hydrogens (primary N) is 1. The minimum Gasteiger partial charge on any atom is -0.366 e. The Morgan fingerprint density at radius 2 is 1.76 bits per heavy atom. The van der Waals surface area contributed by atoms with Crippen molar-refractivity contribution in [2.45, 2.75) is 12.8 Å². The van der Waals surface area contributed by atoms with E-state index in [1.165, 1.54) is 17.0 Å². The van der Waals surface area contributed by atoms with Crippen LogP contribution in [0, 0.1) is 17.6 Å². The van der Waals surface area contributed by atoms with E-state index in [1.807, 2.05) is 4.90 Å². The molecule has 0 saturated carbocycles. The van der Waals surface area contributed by atoms with Gasteiger partial charge in [0.05, 0.1) is 11.6 Å². The van der Waals surface area contributed by atoms with Crippen molar-refractivity contribution in [3.8, 4) is 0 Å². The molecular weight excluding hydrogens is 330 g/mol. The first-order valence-electron chi connectivity index (χ1n) is 8.49. The summed E-state index contributed by atoms with van der Waals surface area (Å²) < 4.78 is 26.9. The van der Waals surface area contributed by atoms with Crippen LogP contribution in [0.3, 0.4) is 0 Å². The maximum absolute atomic E-state index is 13.9. The Balaban J connectivity index is 1.58. The van der Waals surface area contributed by atoms with Gasteiger partial charge in [-0.2, -0.15) is 0 Å². The van der Waals surface area contributed by atoms with Gasteiger partial charge in [0.15, 0.2) is 0 Å². The fourth-order valence-corrected chi connectivity index (χ4v) is 3.54. The smallest absolute Gasteiger partial charge is 0.314 e. The molecule has 0 spiro atoms. The normalized spacial score (nSPS) is 21.4. The van der Waals surface area contributed by atoms with Crippen molar-refractivity contribution in [3.63, 3.8) is 0 Å². The molecule has 0 radical (unpaired) electrons. The van der Waals surface area contributed by atoms with Gasteiger partial charge in [-0.1, -0.05) is 0 Å². The third-order valence-electron chi connectivity index (χ3n) is 4.92. The fourth-order valence-electron chi connectivity index (χ4n) is 3.54. The number of urea groups is 1. The minimum atomic E-state index is -0.605. The van der Waals surface area contributed by atoms with Crippen molar-refractivity contribution in [1.29, 1.82) is 0 Å². The number of primary amides is 1. The van der Waals surface area contributed by atoms with Crippen LogP contribution in [0.25, 0.3) is 0 Å².